The van der Waals surface area contributed by atoms with E-state index in [2.05, 4.69) is 11.8 Å². The van der Waals surface area contributed by atoms with Gasteiger partial charge in [0.05, 0.1) is 26.8 Å². The highest BCUT2D eigenvalue weighted by Crippen LogP contribution is 2.37. The first-order valence-corrected chi connectivity index (χ1v) is 10.4. The van der Waals surface area contributed by atoms with Gasteiger partial charge in [-0.25, -0.2) is 0 Å². The van der Waals surface area contributed by atoms with Crippen LogP contribution < -0.4 is 9.47 Å². The molecule has 0 aliphatic carbocycles. The Bertz CT molecular complexity index is 843. The maximum absolute atomic E-state index is 13.1. The Hall–Kier alpha value is -2.24. The lowest BCUT2D eigenvalue weighted by Crippen LogP contribution is -2.39. The van der Waals surface area contributed by atoms with Crippen LogP contribution in [0.1, 0.15) is 36.9 Å². The molecule has 1 heterocycles. The number of likely N-dealkylation sites (tertiary alicyclic amines) is 1. The first-order chi connectivity index (χ1) is 14.1. The summed E-state index contributed by atoms with van der Waals surface area (Å²) in [5.74, 6) is 1.54. The topological polar surface area (TPSA) is 42.0 Å². The van der Waals surface area contributed by atoms with E-state index in [-0.39, 0.29) is 11.9 Å². The van der Waals surface area contributed by atoms with Crippen molar-refractivity contribution in [3.63, 3.8) is 0 Å². The van der Waals surface area contributed by atoms with E-state index in [1.54, 1.807) is 14.2 Å². The quantitative estimate of drug-likeness (QED) is 0.633. The second-order valence-electron chi connectivity index (χ2n) is 7.25. The first-order valence-electron chi connectivity index (χ1n) is 10.0. The maximum Gasteiger partial charge on any atom is 0.237 e. The number of nitrogens with zero attached hydrogens (tertiary/aromatic N) is 2. The number of amides is 1. The van der Waals surface area contributed by atoms with E-state index in [9.17, 15) is 4.79 Å². The van der Waals surface area contributed by atoms with Gasteiger partial charge in [0, 0.05) is 18.1 Å². The zero-order chi connectivity index (χ0) is 20.8. The summed E-state index contributed by atoms with van der Waals surface area (Å²) in [6, 6.07) is 13.8. The standard InChI is InChI=1S/C23H29ClN2O3/c1-4-25(15-18-8-5-6-9-19(18)24)16-23(27)26-13-7-10-20(26)17-11-12-21(28-2)22(14-17)29-3/h5-6,8-9,11-12,14,20H,4,7,10,13,15-16H2,1-3H3. The van der Waals surface area contributed by atoms with E-state index in [0.717, 1.165) is 42.1 Å². The van der Waals surface area contributed by atoms with Crippen LogP contribution in [0.2, 0.25) is 5.02 Å². The molecule has 1 aliphatic heterocycles. The summed E-state index contributed by atoms with van der Waals surface area (Å²) in [4.78, 5) is 17.3. The fraction of sp³-hybridized carbons (Fsp3) is 0.435. The lowest BCUT2D eigenvalue weighted by molar-refractivity contribution is -0.133. The van der Waals surface area contributed by atoms with Crippen LogP contribution in [0.15, 0.2) is 42.5 Å². The average molecular weight is 417 g/mol. The second kappa shape index (κ2) is 9.99. The number of likely N-dealkylation sites (N-methyl/N-ethyl adjacent to an activating group) is 1. The average Bonchev–Trinajstić information content (AvgIpc) is 3.24. The Morgan fingerprint density at radius 3 is 2.62 bits per heavy atom. The molecule has 1 amide bonds. The summed E-state index contributed by atoms with van der Waals surface area (Å²) in [6.07, 6.45) is 1.96. The molecular formula is C23H29ClN2O3. The molecule has 0 bridgehead atoms. The number of ether oxygens (including phenoxy) is 2. The molecule has 3 rings (SSSR count). The molecule has 156 valence electrons. The van der Waals surface area contributed by atoms with E-state index in [1.165, 1.54) is 0 Å². The minimum atomic E-state index is 0.0707. The van der Waals surface area contributed by atoms with Gasteiger partial charge < -0.3 is 14.4 Å². The highest BCUT2D eigenvalue weighted by Gasteiger charge is 2.31. The highest BCUT2D eigenvalue weighted by molar-refractivity contribution is 6.31. The minimum absolute atomic E-state index is 0.0707. The van der Waals surface area contributed by atoms with Crippen molar-refractivity contribution in [2.45, 2.75) is 32.4 Å². The van der Waals surface area contributed by atoms with Gasteiger partial charge in [-0.1, -0.05) is 42.8 Å². The fourth-order valence-corrected chi connectivity index (χ4v) is 4.10. The Morgan fingerprint density at radius 2 is 1.93 bits per heavy atom. The summed E-state index contributed by atoms with van der Waals surface area (Å²) in [5, 5.41) is 0.739. The van der Waals surface area contributed by atoms with Gasteiger partial charge in [0.25, 0.3) is 0 Å². The third-order valence-corrected chi connectivity index (χ3v) is 5.89. The molecule has 29 heavy (non-hydrogen) atoms. The van der Waals surface area contributed by atoms with Gasteiger partial charge in [-0.2, -0.15) is 0 Å². The summed E-state index contributed by atoms with van der Waals surface area (Å²) in [5.41, 5.74) is 2.13. The van der Waals surface area contributed by atoms with Crippen LogP contribution in [0.5, 0.6) is 11.5 Å². The van der Waals surface area contributed by atoms with Crippen LogP contribution in [0.25, 0.3) is 0 Å². The van der Waals surface area contributed by atoms with Gasteiger partial charge in [-0.3, -0.25) is 9.69 Å². The van der Waals surface area contributed by atoms with E-state index >= 15 is 0 Å². The molecule has 0 spiro atoms. The number of halogens is 1. The molecule has 6 heteroatoms. The smallest absolute Gasteiger partial charge is 0.237 e. The Labute approximate surface area is 178 Å². The van der Waals surface area contributed by atoms with Gasteiger partial charge in [0.2, 0.25) is 5.91 Å². The second-order valence-corrected chi connectivity index (χ2v) is 7.66. The molecule has 0 saturated carbocycles. The number of carbonyl (C=O) groups is 1. The SMILES string of the molecule is CCN(CC(=O)N1CCCC1c1ccc(OC)c(OC)c1)Cc1ccccc1Cl. The van der Waals surface area contributed by atoms with Crippen LogP contribution in [-0.4, -0.2) is 49.6 Å². The molecular weight excluding hydrogens is 388 g/mol. The first kappa shape index (κ1) is 21.5. The lowest BCUT2D eigenvalue weighted by atomic mass is 10.0. The summed E-state index contributed by atoms with van der Waals surface area (Å²) >= 11 is 6.30. The van der Waals surface area contributed by atoms with Gasteiger partial charge in [-0.15, -0.1) is 0 Å². The molecule has 1 atom stereocenters. The molecule has 0 N–H and O–H groups in total. The van der Waals surface area contributed by atoms with E-state index in [1.807, 2.05) is 47.4 Å². The molecule has 1 aliphatic rings. The molecule has 1 unspecified atom stereocenters. The zero-order valence-corrected chi connectivity index (χ0v) is 18.1. The van der Waals surface area contributed by atoms with Crippen molar-refractivity contribution in [3.8, 4) is 11.5 Å². The van der Waals surface area contributed by atoms with E-state index < -0.39 is 0 Å². The van der Waals surface area contributed by atoms with Gasteiger partial charge >= 0.3 is 0 Å². The number of rotatable bonds is 8. The van der Waals surface area contributed by atoms with E-state index in [4.69, 9.17) is 21.1 Å². The third-order valence-electron chi connectivity index (χ3n) is 5.52. The highest BCUT2D eigenvalue weighted by atomic mass is 35.5. The Kier molecular flexibility index (Phi) is 7.40. The predicted octanol–water partition coefficient (Wildman–Crippen LogP) is 4.54. The molecule has 1 fully saturated rings. The van der Waals surface area contributed by atoms with Crippen LogP contribution in [0.4, 0.5) is 0 Å². The lowest BCUT2D eigenvalue weighted by Gasteiger charge is -2.29. The van der Waals surface area contributed by atoms with Crippen LogP contribution in [-0.2, 0) is 11.3 Å². The molecule has 1 saturated heterocycles. The Balaban J connectivity index is 1.71. The number of hydrogen-bond donors (Lipinski definition) is 0. The van der Waals surface area contributed by atoms with Gasteiger partial charge in [0.1, 0.15) is 0 Å². The number of hydrogen-bond acceptors (Lipinski definition) is 4. The third kappa shape index (κ3) is 5.03. The van der Waals surface area contributed by atoms with Crippen molar-refractivity contribution >= 4 is 17.5 Å². The molecule has 2 aromatic carbocycles. The zero-order valence-electron chi connectivity index (χ0n) is 17.4. The van der Waals surface area contributed by atoms with Crippen LogP contribution >= 0.6 is 11.6 Å². The van der Waals surface area contributed by atoms with Gasteiger partial charge in [-0.05, 0) is 48.7 Å². The normalized spacial score (nSPS) is 16.3. The fourth-order valence-electron chi connectivity index (χ4n) is 3.90. The van der Waals surface area contributed by atoms with Crippen molar-refractivity contribution in [2.24, 2.45) is 0 Å². The van der Waals surface area contributed by atoms with Crippen molar-refractivity contribution in [2.75, 3.05) is 33.9 Å². The molecule has 0 radical (unpaired) electrons. The molecule has 0 aromatic heterocycles. The monoisotopic (exact) mass is 416 g/mol. The summed E-state index contributed by atoms with van der Waals surface area (Å²) < 4.78 is 10.8. The number of carbonyl (C=O) groups excluding carboxylic acids is 1. The Morgan fingerprint density at radius 1 is 1.17 bits per heavy atom. The van der Waals surface area contributed by atoms with Crippen molar-refractivity contribution in [1.82, 2.24) is 9.80 Å². The number of benzene rings is 2. The maximum atomic E-state index is 13.1. The van der Waals surface area contributed by atoms with Crippen LogP contribution in [0.3, 0.4) is 0 Å². The molecule has 5 nitrogen and oxygen atoms in total. The van der Waals surface area contributed by atoms with Crippen molar-refractivity contribution < 1.29 is 14.3 Å². The van der Waals surface area contributed by atoms with Crippen LogP contribution in [0, 0.1) is 0 Å². The van der Waals surface area contributed by atoms with E-state index in [0.29, 0.717) is 24.6 Å². The van der Waals surface area contributed by atoms with Gasteiger partial charge in [0.15, 0.2) is 11.5 Å². The van der Waals surface area contributed by atoms with Crippen molar-refractivity contribution in [1.29, 1.82) is 0 Å². The van der Waals surface area contributed by atoms with Crippen molar-refractivity contribution in [3.05, 3.63) is 58.6 Å². The summed E-state index contributed by atoms with van der Waals surface area (Å²) in [6.45, 7) is 4.68. The minimum Gasteiger partial charge on any atom is -0.493 e. The number of methoxy groups -OCH3 is 2. The largest absolute Gasteiger partial charge is 0.493 e. The molecule has 2 aromatic rings. The predicted molar refractivity (Wildman–Crippen MR) is 116 cm³/mol. The summed E-state index contributed by atoms with van der Waals surface area (Å²) in [7, 11) is 3.26.